The number of hydrogen-bond donors (Lipinski definition) is 1. The highest BCUT2D eigenvalue weighted by Gasteiger charge is 2.16. The zero-order valence-electron chi connectivity index (χ0n) is 35.0. The SMILES string of the molecule is CCCCC(CC)COc1ccc(-c2ccc3c(c2)c2cc(-c4ccc(OCC(CC)CCCC)cc4)ccc2n3-c2ccc(-c3ccc(OC(=O)O)cc3)cc2)cc1. The van der Waals surface area contributed by atoms with Crippen LogP contribution in [0.1, 0.15) is 79.1 Å². The fourth-order valence-electron chi connectivity index (χ4n) is 7.99. The highest BCUT2D eigenvalue weighted by Crippen LogP contribution is 2.38. The molecule has 6 aromatic carbocycles. The van der Waals surface area contributed by atoms with Crippen LogP contribution in [0.2, 0.25) is 0 Å². The molecule has 0 fully saturated rings. The monoisotopic (exact) mass is 787 g/mol. The molecule has 6 heteroatoms. The van der Waals surface area contributed by atoms with Crippen molar-refractivity contribution in [3.63, 3.8) is 0 Å². The third-order valence-electron chi connectivity index (χ3n) is 11.7. The molecule has 0 saturated carbocycles. The molecule has 2 unspecified atom stereocenters. The number of fused-ring (bicyclic) bond motifs is 3. The van der Waals surface area contributed by atoms with Crippen molar-refractivity contribution in [3.8, 4) is 56.3 Å². The van der Waals surface area contributed by atoms with E-state index in [2.05, 4.69) is 141 Å². The minimum Gasteiger partial charge on any atom is -0.493 e. The van der Waals surface area contributed by atoms with Gasteiger partial charge in [0.2, 0.25) is 0 Å². The summed E-state index contributed by atoms with van der Waals surface area (Å²) in [5.74, 6) is 3.29. The lowest BCUT2D eigenvalue weighted by Crippen LogP contribution is -2.11. The molecule has 0 bridgehead atoms. The molecule has 0 spiro atoms. The van der Waals surface area contributed by atoms with Gasteiger partial charge in [-0.2, -0.15) is 0 Å². The maximum Gasteiger partial charge on any atom is 0.511 e. The van der Waals surface area contributed by atoms with E-state index >= 15 is 0 Å². The van der Waals surface area contributed by atoms with E-state index < -0.39 is 6.16 Å². The Kier molecular flexibility index (Phi) is 13.7. The smallest absolute Gasteiger partial charge is 0.493 e. The Balaban J connectivity index is 1.21. The highest BCUT2D eigenvalue weighted by atomic mass is 16.7. The molecule has 6 nitrogen and oxygen atoms in total. The molecule has 1 N–H and O–H groups in total. The summed E-state index contributed by atoms with van der Waals surface area (Å²) in [6.45, 7) is 10.5. The van der Waals surface area contributed by atoms with Crippen molar-refractivity contribution in [2.45, 2.75) is 79.1 Å². The summed E-state index contributed by atoms with van der Waals surface area (Å²) in [5, 5.41) is 11.3. The van der Waals surface area contributed by atoms with Crippen LogP contribution in [-0.4, -0.2) is 29.0 Å². The lowest BCUT2D eigenvalue weighted by molar-refractivity contribution is 0.144. The molecule has 0 radical (unpaired) electrons. The van der Waals surface area contributed by atoms with Crippen molar-refractivity contribution in [3.05, 3.63) is 133 Å². The number of nitrogens with zero attached hydrogens (tertiary/aromatic N) is 1. The van der Waals surface area contributed by atoms with Crippen molar-refractivity contribution < 1.29 is 24.1 Å². The van der Waals surface area contributed by atoms with E-state index in [4.69, 9.17) is 19.3 Å². The summed E-state index contributed by atoms with van der Waals surface area (Å²) < 4.78 is 19.6. The molecule has 304 valence electrons. The summed E-state index contributed by atoms with van der Waals surface area (Å²) >= 11 is 0. The fourth-order valence-corrected chi connectivity index (χ4v) is 7.99. The first-order valence-corrected chi connectivity index (χ1v) is 21.5. The first-order valence-electron chi connectivity index (χ1n) is 21.5. The second-order valence-electron chi connectivity index (χ2n) is 15.7. The van der Waals surface area contributed by atoms with Crippen molar-refractivity contribution in [1.82, 2.24) is 4.57 Å². The van der Waals surface area contributed by atoms with Crippen LogP contribution in [0.3, 0.4) is 0 Å². The van der Waals surface area contributed by atoms with Crippen LogP contribution in [0.25, 0.3) is 60.9 Å². The number of hydrogen-bond acceptors (Lipinski definition) is 4. The Morgan fingerprint density at radius 1 is 0.508 bits per heavy atom. The molecule has 59 heavy (non-hydrogen) atoms. The molecular formula is C53H57NO5. The summed E-state index contributed by atoms with van der Waals surface area (Å²) in [6.07, 6.45) is 8.29. The largest absolute Gasteiger partial charge is 0.511 e. The molecule has 0 aliphatic rings. The number of ether oxygens (including phenoxy) is 3. The van der Waals surface area contributed by atoms with E-state index in [-0.39, 0.29) is 0 Å². The Morgan fingerprint density at radius 3 is 1.27 bits per heavy atom. The Bertz CT molecular complexity index is 2310. The van der Waals surface area contributed by atoms with Crippen molar-refractivity contribution >= 4 is 28.0 Å². The van der Waals surface area contributed by atoms with Crippen molar-refractivity contribution in [2.24, 2.45) is 11.8 Å². The normalized spacial score (nSPS) is 12.4. The molecular weight excluding hydrogens is 731 g/mol. The van der Waals surface area contributed by atoms with E-state index in [0.29, 0.717) is 17.6 Å². The van der Waals surface area contributed by atoms with E-state index in [1.165, 1.54) is 49.3 Å². The van der Waals surface area contributed by atoms with E-state index in [1.54, 1.807) is 12.1 Å². The minimum absolute atomic E-state index is 0.293. The minimum atomic E-state index is -1.32. The predicted molar refractivity (Wildman–Crippen MR) is 243 cm³/mol. The van der Waals surface area contributed by atoms with Crippen LogP contribution >= 0.6 is 0 Å². The number of carbonyl (C=O) groups is 1. The van der Waals surface area contributed by atoms with Crippen molar-refractivity contribution in [1.29, 1.82) is 0 Å². The first-order chi connectivity index (χ1) is 28.9. The zero-order valence-corrected chi connectivity index (χ0v) is 35.0. The van der Waals surface area contributed by atoms with Gasteiger partial charge in [-0.05, 0) is 131 Å². The van der Waals surface area contributed by atoms with Gasteiger partial charge in [0.15, 0.2) is 0 Å². The van der Waals surface area contributed by atoms with Gasteiger partial charge in [-0.3, -0.25) is 0 Å². The van der Waals surface area contributed by atoms with Crippen LogP contribution in [0.4, 0.5) is 4.79 Å². The summed E-state index contributed by atoms with van der Waals surface area (Å²) in [7, 11) is 0. The zero-order chi connectivity index (χ0) is 41.1. The van der Waals surface area contributed by atoms with Crippen LogP contribution in [0.5, 0.6) is 17.2 Å². The Morgan fingerprint density at radius 2 is 0.881 bits per heavy atom. The van der Waals surface area contributed by atoms with Gasteiger partial charge in [0.1, 0.15) is 17.2 Å². The van der Waals surface area contributed by atoms with Crippen LogP contribution in [0.15, 0.2) is 133 Å². The number of benzene rings is 6. The maximum atomic E-state index is 11.0. The third kappa shape index (κ3) is 10.00. The predicted octanol–water partition coefficient (Wildman–Crippen LogP) is 15.0. The van der Waals surface area contributed by atoms with E-state index in [0.717, 1.165) is 87.7 Å². The topological polar surface area (TPSA) is 69.9 Å². The Labute approximate surface area is 349 Å². The maximum absolute atomic E-state index is 11.0. The molecule has 7 rings (SSSR count). The number of rotatable bonds is 19. The third-order valence-corrected chi connectivity index (χ3v) is 11.7. The molecule has 1 aromatic heterocycles. The molecule has 0 amide bonds. The van der Waals surface area contributed by atoms with Gasteiger partial charge in [-0.15, -0.1) is 0 Å². The van der Waals surface area contributed by atoms with Gasteiger partial charge in [0.05, 0.1) is 24.2 Å². The van der Waals surface area contributed by atoms with Crippen LogP contribution in [-0.2, 0) is 0 Å². The van der Waals surface area contributed by atoms with Gasteiger partial charge < -0.3 is 23.9 Å². The molecule has 7 aromatic rings. The number of aromatic nitrogens is 1. The number of carboxylic acid groups (broad SMARTS) is 1. The summed E-state index contributed by atoms with van der Waals surface area (Å²) in [4.78, 5) is 11.0. The van der Waals surface area contributed by atoms with E-state index in [9.17, 15) is 4.79 Å². The van der Waals surface area contributed by atoms with Gasteiger partial charge in [-0.25, -0.2) is 4.79 Å². The fraction of sp³-hybridized carbons (Fsp3) is 0.302. The quantitative estimate of drug-likeness (QED) is 0.0653. The first kappa shape index (κ1) is 41.2. The molecule has 0 aliphatic heterocycles. The van der Waals surface area contributed by atoms with E-state index in [1.807, 2.05) is 12.1 Å². The lowest BCUT2D eigenvalue weighted by Gasteiger charge is -2.15. The Hall–Kier alpha value is -6.01. The summed E-state index contributed by atoms with van der Waals surface area (Å²) in [6, 6.07) is 46.2. The van der Waals surface area contributed by atoms with Gasteiger partial charge in [-0.1, -0.05) is 127 Å². The highest BCUT2D eigenvalue weighted by molar-refractivity contribution is 6.11. The van der Waals surface area contributed by atoms with Crippen LogP contribution in [0, 0.1) is 11.8 Å². The second kappa shape index (κ2) is 19.6. The summed E-state index contributed by atoms with van der Waals surface area (Å²) in [5.41, 5.74) is 9.90. The average Bonchev–Trinajstić information content (AvgIpc) is 3.60. The van der Waals surface area contributed by atoms with Crippen LogP contribution < -0.4 is 14.2 Å². The van der Waals surface area contributed by atoms with Crippen molar-refractivity contribution in [2.75, 3.05) is 13.2 Å². The number of unbranched alkanes of at least 4 members (excludes halogenated alkanes) is 2. The van der Waals surface area contributed by atoms with Gasteiger partial charge in [0, 0.05) is 16.5 Å². The molecule has 0 saturated heterocycles. The van der Waals surface area contributed by atoms with Gasteiger partial charge in [0.25, 0.3) is 0 Å². The second-order valence-corrected chi connectivity index (χ2v) is 15.7. The lowest BCUT2D eigenvalue weighted by atomic mass is 10.00. The molecule has 2 atom stereocenters. The van der Waals surface area contributed by atoms with Gasteiger partial charge >= 0.3 is 6.16 Å². The molecule has 1 heterocycles. The average molecular weight is 788 g/mol. The standard InChI is InChI=1S/C53H57NO5/c1-5-9-11-37(7-3)35-57-46-25-15-41(16-26-46)43-21-31-51-49(33-43)50-34-44(42-17-27-47(28-18-42)58-36-38(8-4)12-10-6-2)22-32-52(50)54(51)45-23-13-39(14-24-45)40-19-29-48(30-20-40)59-53(55)56/h13-34,37-38H,5-12,35-36H2,1-4H3,(H,55,56). The molecule has 0 aliphatic carbocycles.